The number of alkyl halides is 1. The van der Waals surface area contributed by atoms with Crippen molar-refractivity contribution in [3.05, 3.63) is 30.2 Å². The standard InChI is InChI=1S/C13H16ClNO/c1-2-3-6-10(14)9-13-15-11-7-4-5-8-12(11)16-13/h4-5,7-8,10H,2-3,6,9H2,1H3. The maximum atomic E-state index is 6.22. The van der Waals surface area contributed by atoms with E-state index in [0.29, 0.717) is 0 Å². The number of rotatable bonds is 5. The molecule has 2 aromatic rings. The number of benzene rings is 1. The molecule has 1 heterocycles. The van der Waals surface area contributed by atoms with Gasteiger partial charge in [-0.2, -0.15) is 0 Å². The Morgan fingerprint density at radius 1 is 1.38 bits per heavy atom. The molecule has 1 unspecified atom stereocenters. The average molecular weight is 238 g/mol. The molecule has 0 saturated heterocycles. The summed E-state index contributed by atoms with van der Waals surface area (Å²) >= 11 is 6.22. The summed E-state index contributed by atoms with van der Waals surface area (Å²) in [6, 6.07) is 7.80. The zero-order valence-electron chi connectivity index (χ0n) is 9.45. The van der Waals surface area contributed by atoms with Crippen LogP contribution in [-0.4, -0.2) is 10.4 Å². The molecule has 1 atom stereocenters. The molecular formula is C13H16ClNO. The molecule has 0 spiro atoms. The van der Waals surface area contributed by atoms with Gasteiger partial charge in [-0.1, -0.05) is 31.9 Å². The summed E-state index contributed by atoms with van der Waals surface area (Å²) in [5.41, 5.74) is 1.76. The summed E-state index contributed by atoms with van der Waals surface area (Å²) in [5, 5.41) is 0.132. The van der Waals surface area contributed by atoms with E-state index in [2.05, 4.69) is 11.9 Å². The van der Waals surface area contributed by atoms with Crippen LogP contribution in [0.5, 0.6) is 0 Å². The van der Waals surface area contributed by atoms with E-state index in [4.69, 9.17) is 16.0 Å². The summed E-state index contributed by atoms with van der Waals surface area (Å²) in [5.74, 6) is 0.748. The predicted octanol–water partition coefficient (Wildman–Crippen LogP) is 4.17. The van der Waals surface area contributed by atoms with Crippen LogP contribution in [-0.2, 0) is 6.42 Å². The Labute approximate surface area is 101 Å². The number of unbranched alkanes of at least 4 members (excludes halogenated alkanes) is 1. The minimum atomic E-state index is 0.132. The van der Waals surface area contributed by atoms with E-state index < -0.39 is 0 Å². The second-order valence-corrected chi connectivity index (χ2v) is 4.64. The Morgan fingerprint density at radius 3 is 2.94 bits per heavy atom. The Hall–Kier alpha value is -1.02. The zero-order chi connectivity index (χ0) is 11.4. The van der Waals surface area contributed by atoms with Crippen LogP contribution in [0.15, 0.2) is 28.7 Å². The molecule has 0 saturated carbocycles. The third-order valence-electron chi connectivity index (χ3n) is 2.61. The van der Waals surface area contributed by atoms with Gasteiger partial charge in [0, 0.05) is 11.8 Å². The van der Waals surface area contributed by atoms with E-state index in [1.807, 2.05) is 24.3 Å². The van der Waals surface area contributed by atoms with Crippen molar-refractivity contribution in [3.63, 3.8) is 0 Å². The first kappa shape index (κ1) is 11.5. The molecule has 0 bridgehead atoms. The fourth-order valence-electron chi connectivity index (χ4n) is 1.72. The molecule has 2 nitrogen and oxygen atoms in total. The van der Waals surface area contributed by atoms with Crippen molar-refractivity contribution in [3.8, 4) is 0 Å². The monoisotopic (exact) mass is 237 g/mol. The van der Waals surface area contributed by atoms with Gasteiger partial charge in [-0.3, -0.25) is 0 Å². The SMILES string of the molecule is CCCCC(Cl)Cc1nc2ccccc2o1. The average Bonchev–Trinajstić information content (AvgIpc) is 2.68. The largest absolute Gasteiger partial charge is 0.441 e. The van der Waals surface area contributed by atoms with Crippen molar-refractivity contribution in [2.75, 3.05) is 0 Å². The molecule has 0 fully saturated rings. The van der Waals surface area contributed by atoms with Crippen LogP contribution < -0.4 is 0 Å². The maximum absolute atomic E-state index is 6.22. The number of hydrogen-bond donors (Lipinski definition) is 0. The topological polar surface area (TPSA) is 26.0 Å². The lowest BCUT2D eigenvalue weighted by Crippen LogP contribution is -2.03. The van der Waals surface area contributed by atoms with Crippen molar-refractivity contribution in [2.24, 2.45) is 0 Å². The lowest BCUT2D eigenvalue weighted by molar-refractivity contribution is 0.512. The first-order valence-corrected chi connectivity index (χ1v) is 6.21. The van der Waals surface area contributed by atoms with Crippen molar-refractivity contribution in [1.29, 1.82) is 0 Å². The van der Waals surface area contributed by atoms with E-state index in [1.54, 1.807) is 0 Å². The third kappa shape index (κ3) is 2.76. The fraction of sp³-hybridized carbons (Fsp3) is 0.462. The number of fused-ring (bicyclic) bond motifs is 1. The highest BCUT2D eigenvalue weighted by atomic mass is 35.5. The van der Waals surface area contributed by atoms with Crippen LogP contribution >= 0.6 is 11.6 Å². The van der Waals surface area contributed by atoms with Gasteiger partial charge >= 0.3 is 0 Å². The molecule has 0 aliphatic carbocycles. The van der Waals surface area contributed by atoms with E-state index >= 15 is 0 Å². The van der Waals surface area contributed by atoms with Gasteiger partial charge in [0.2, 0.25) is 0 Å². The van der Waals surface area contributed by atoms with Gasteiger partial charge in [-0.25, -0.2) is 4.98 Å². The van der Waals surface area contributed by atoms with Crippen LogP contribution in [0.3, 0.4) is 0 Å². The lowest BCUT2D eigenvalue weighted by atomic mass is 10.1. The number of halogens is 1. The Bertz CT molecular complexity index is 419. The molecule has 0 amide bonds. The second-order valence-electron chi connectivity index (χ2n) is 4.02. The van der Waals surface area contributed by atoms with Crippen LogP contribution in [0, 0.1) is 0 Å². The van der Waals surface area contributed by atoms with Crippen molar-refractivity contribution < 1.29 is 4.42 Å². The van der Waals surface area contributed by atoms with Crippen molar-refractivity contribution >= 4 is 22.7 Å². The van der Waals surface area contributed by atoms with E-state index in [-0.39, 0.29) is 5.38 Å². The van der Waals surface area contributed by atoms with Gasteiger partial charge in [0.1, 0.15) is 5.52 Å². The number of para-hydroxylation sites is 2. The minimum absolute atomic E-state index is 0.132. The molecule has 86 valence electrons. The summed E-state index contributed by atoms with van der Waals surface area (Å²) in [4.78, 5) is 4.41. The summed E-state index contributed by atoms with van der Waals surface area (Å²) < 4.78 is 5.62. The summed E-state index contributed by atoms with van der Waals surface area (Å²) in [7, 11) is 0. The summed E-state index contributed by atoms with van der Waals surface area (Å²) in [6.45, 7) is 2.17. The number of nitrogens with zero attached hydrogens (tertiary/aromatic N) is 1. The fourth-order valence-corrected chi connectivity index (χ4v) is 2.01. The smallest absolute Gasteiger partial charge is 0.196 e. The molecule has 0 aliphatic rings. The van der Waals surface area contributed by atoms with Crippen LogP contribution in [0.4, 0.5) is 0 Å². The molecule has 16 heavy (non-hydrogen) atoms. The molecule has 0 radical (unpaired) electrons. The first-order chi connectivity index (χ1) is 7.79. The molecule has 3 heteroatoms. The predicted molar refractivity (Wildman–Crippen MR) is 66.9 cm³/mol. The number of aromatic nitrogens is 1. The van der Waals surface area contributed by atoms with Crippen LogP contribution in [0.25, 0.3) is 11.1 Å². The Balaban J connectivity index is 2.03. The Kier molecular flexibility index (Phi) is 3.83. The molecule has 0 aliphatic heterocycles. The quantitative estimate of drug-likeness (QED) is 0.730. The normalized spacial score (nSPS) is 13.1. The van der Waals surface area contributed by atoms with E-state index in [9.17, 15) is 0 Å². The molecule has 0 N–H and O–H groups in total. The third-order valence-corrected chi connectivity index (χ3v) is 2.98. The van der Waals surface area contributed by atoms with Crippen LogP contribution in [0.1, 0.15) is 32.1 Å². The maximum Gasteiger partial charge on any atom is 0.196 e. The molecule has 2 rings (SSSR count). The van der Waals surface area contributed by atoms with Gasteiger partial charge < -0.3 is 4.42 Å². The molecule has 1 aromatic heterocycles. The molecular weight excluding hydrogens is 222 g/mol. The number of hydrogen-bond acceptors (Lipinski definition) is 2. The van der Waals surface area contributed by atoms with Gasteiger partial charge in [-0.15, -0.1) is 11.6 Å². The highest BCUT2D eigenvalue weighted by Gasteiger charge is 2.11. The van der Waals surface area contributed by atoms with Gasteiger partial charge in [0.05, 0.1) is 0 Å². The highest BCUT2D eigenvalue weighted by molar-refractivity contribution is 6.20. The minimum Gasteiger partial charge on any atom is -0.441 e. The zero-order valence-corrected chi connectivity index (χ0v) is 10.2. The molecule has 1 aromatic carbocycles. The van der Waals surface area contributed by atoms with Crippen molar-refractivity contribution in [1.82, 2.24) is 4.98 Å². The van der Waals surface area contributed by atoms with E-state index in [0.717, 1.165) is 36.3 Å². The van der Waals surface area contributed by atoms with Crippen molar-refractivity contribution in [2.45, 2.75) is 38.0 Å². The highest BCUT2D eigenvalue weighted by Crippen LogP contribution is 2.19. The van der Waals surface area contributed by atoms with Gasteiger partial charge in [-0.05, 0) is 18.6 Å². The van der Waals surface area contributed by atoms with Crippen LogP contribution in [0.2, 0.25) is 0 Å². The first-order valence-electron chi connectivity index (χ1n) is 5.78. The number of oxazole rings is 1. The van der Waals surface area contributed by atoms with Gasteiger partial charge in [0.25, 0.3) is 0 Å². The lowest BCUT2D eigenvalue weighted by Gasteiger charge is -2.04. The van der Waals surface area contributed by atoms with E-state index in [1.165, 1.54) is 6.42 Å². The van der Waals surface area contributed by atoms with Gasteiger partial charge in [0.15, 0.2) is 11.5 Å². The summed E-state index contributed by atoms with van der Waals surface area (Å²) in [6.07, 6.45) is 4.08. The Morgan fingerprint density at radius 2 is 2.19 bits per heavy atom. The second kappa shape index (κ2) is 5.35.